The Bertz CT molecular complexity index is 620. The van der Waals surface area contributed by atoms with Crippen LogP contribution in [0, 0.1) is 5.92 Å². The van der Waals surface area contributed by atoms with Crippen LogP contribution in [0.5, 0.6) is 0 Å². The molecule has 0 radical (unpaired) electrons. The minimum atomic E-state index is 0.329. The van der Waals surface area contributed by atoms with Crippen LogP contribution in [0.25, 0.3) is 0 Å². The lowest BCUT2D eigenvalue weighted by atomic mass is 9.98. The Morgan fingerprint density at radius 1 is 1.39 bits per heavy atom. The molecule has 0 unspecified atom stereocenters. The number of aromatic nitrogens is 5. The van der Waals surface area contributed by atoms with Crippen LogP contribution in [0.2, 0.25) is 0 Å². The average Bonchev–Trinajstić information content (AvgIpc) is 3.16. The highest BCUT2D eigenvalue weighted by atomic mass is 16.5. The Morgan fingerprint density at radius 3 is 3.04 bits per heavy atom. The van der Waals surface area contributed by atoms with Crippen molar-refractivity contribution in [2.75, 3.05) is 13.1 Å². The number of piperidine rings is 1. The van der Waals surface area contributed by atoms with E-state index in [1.807, 2.05) is 4.68 Å². The second-order valence-electron chi connectivity index (χ2n) is 6.71. The summed E-state index contributed by atoms with van der Waals surface area (Å²) >= 11 is 0. The number of hydrogen-bond donors (Lipinski definition) is 0. The average molecular weight is 318 g/mol. The highest BCUT2D eigenvalue weighted by Crippen LogP contribution is 2.26. The number of likely N-dealkylation sites (tertiary alicyclic amines) is 1. The third kappa shape index (κ3) is 3.96. The number of rotatable bonds is 6. The molecule has 1 fully saturated rings. The van der Waals surface area contributed by atoms with Crippen LogP contribution >= 0.6 is 0 Å². The second kappa shape index (κ2) is 7.21. The minimum absolute atomic E-state index is 0.329. The van der Waals surface area contributed by atoms with E-state index in [0.717, 1.165) is 63.0 Å². The molecule has 0 amide bonds. The van der Waals surface area contributed by atoms with Gasteiger partial charge in [-0.1, -0.05) is 19.0 Å². The van der Waals surface area contributed by atoms with Crippen LogP contribution in [0.3, 0.4) is 0 Å². The van der Waals surface area contributed by atoms with Crippen molar-refractivity contribution in [3.63, 3.8) is 0 Å². The van der Waals surface area contributed by atoms with Crippen LogP contribution in [0.4, 0.5) is 0 Å². The number of aryl methyl sites for hydroxylation is 1. The van der Waals surface area contributed by atoms with Crippen molar-refractivity contribution in [3.8, 4) is 0 Å². The van der Waals surface area contributed by atoms with E-state index in [0.29, 0.717) is 11.8 Å². The molecule has 0 N–H and O–H groups in total. The first kappa shape index (κ1) is 16.1. The van der Waals surface area contributed by atoms with E-state index in [9.17, 15) is 0 Å². The van der Waals surface area contributed by atoms with Gasteiger partial charge in [0.15, 0.2) is 5.82 Å². The molecule has 0 bridgehead atoms. The Hall–Kier alpha value is -1.76. The summed E-state index contributed by atoms with van der Waals surface area (Å²) in [5, 5.41) is 8.37. The summed E-state index contributed by atoms with van der Waals surface area (Å²) in [5.74, 6) is 3.53. The standard InChI is InChI=1S/C16H26N6O/c1-4-22-15(17-11-18-22)10-21-7-5-6-13(9-21)16-19-14(20-23-16)8-12(2)3/h11-13H,4-10H2,1-3H3/t13-/m1/s1. The van der Waals surface area contributed by atoms with Gasteiger partial charge in [-0.3, -0.25) is 4.90 Å². The molecule has 23 heavy (non-hydrogen) atoms. The molecular formula is C16H26N6O. The second-order valence-corrected chi connectivity index (χ2v) is 6.71. The number of nitrogens with zero attached hydrogens (tertiary/aromatic N) is 6. The van der Waals surface area contributed by atoms with Gasteiger partial charge in [-0.2, -0.15) is 10.1 Å². The monoisotopic (exact) mass is 318 g/mol. The van der Waals surface area contributed by atoms with E-state index in [2.05, 4.69) is 45.9 Å². The maximum absolute atomic E-state index is 5.51. The Morgan fingerprint density at radius 2 is 2.26 bits per heavy atom. The number of hydrogen-bond acceptors (Lipinski definition) is 6. The Kier molecular flexibility index (Phi) is 5.05. The molecule has 1 atom stereocenters. The molecule has 2 aromatic rings. The van der Waals surface area contributed by atoms with Gasteiger partial charge in [-0.05, 0) is 32.2 Å². The van der Waals surface area contributed by atoms with Gasteiger partial charge < -0.3 is 4.52 Å². The van der Waals surface area contributed by atoms with Gasteiger partial charge in [0.05, 0.1) is 12.5 Å². The largest absolute Gasteiger partial charge is 0.339 e. The molecule has 0 spiro atoms. The predicted octanol–water partition coefficient (Wildman–Crippen LogP) is 2.26. The summed E-state index contributed by atoms with van der Waals surface area (Å²) < 4.78 is 7.47. The van der Waals surface area contributed by atoms with Crippen molar-refractivity contribution < 1.29 is 4.52 Å². The van der Waals surface area contributed by atoms with E-state index < -0.39 is 0 Å². The Balaban J connectivity index is 1.62. The zero-order valence-corrected chi connectivity index (χ0v) is 14.3. The fraction of sp³-hybridized carbons (Fsp3) is 0.750. The van der Waals surface area contributed by atoms with Gasteiger partial charge >= 0.3 is 0 Å². The Labute approximate surface area is 137 Å². The molecule has 0 aliphatic carbocycles. The van der Waals surface area contributed by atoms with E-state index in [1.165, 1.54) is 0 Å². The third-order valence-corrected chi connectivity index (χ3v) is 4.29. The lowest BCUT2D eigenvalue weighted by molar-refractivity contribution is 0.174. The quantitative estimate of drug-likeness (QED) is 0.813. The molecule has 7 nitrogen and oxygen atoms in total. The van der Waals surface area contributed by atoms with E-state index in [4.69, 9.17) is 4.52 Å². The minimum Gasteiger partial charge on any atom is -0.339 e. The molecular weight excluding hydrogens is 292 g/mol. The maximum Gasteiger partial charge on any atom is 0.231 e. The molecule has 1 aliphatic rings. The SMILES string of the molecule is CCn1ncnc1CN1CCC[C@@H](c2nc(CC(C)C)no2)C1. The molecule has 126 valence electrons. The molecule has 3 rings (SSSR count). The van der Waals surface area contributed by atoms with Crippen LogP contribution in [-0.4, -0.2) is 42.9 Å². The zero-order valence-electron chi connectivity index (χ0n) is 14.3. The third-order valence-electron chi connectivity index (χ3n) is 4.29. The summed E-state index contributed by atoms with van der Waals surface area (Å²) in [7, 11) is 0. The van der Waals surface area contributed by atoms with Crippen molar-refractivity contribution in [1.29, 1.82) is 0 Å². The van der Waals surface area contributed by atoms with Crippen molar-refractivity contribution in [2.24, 2.45) is 5.92 Å². The normalized spacial score (nSPS) is 19.6. The molecule has 3 heterocycles. The summed E-state index contributed by atoms with van der Waals surface area (Å²) in [6.07, 6.45) is 4.77. The van der Waals surface area contributed by atoms with Crippen LogP contribution < -0.4 is 0 Å². The summed E-state index contributed by atoms with van der Waals surface area (Å²) in [5.41, 5.74) is 0. The molecule has 2 aromatic heterocycles. The van der Waals surface area contributed by atoms with Gasteiger partial charge in [-0.25, -0.2) is 9.67 Å². The van der Waals surface area contributed by atoms with Gasteiger partial charge in [0, 0.05) is 19.5 Å². The van der Waals surface area contributed by atoms with Crippen molar-refractivity contribution in [3.05, 3.63) is 23.9 Å². The fourth-order valence-corrected chi connectivity index (χ4v) is 3.16. The fourth-order valence-electron chi connectivity index (χ4n) is 3.16. The highest BCUT2D eigenvalue weighted by Gasteiger charge is 2.26. The van der Waals surface area contributed by atoms with Crippen molar-refractivity contribution in [2.45, 2.75) is 59.0 Å². The topological polar surface area (TPSA) is 72.9 Å². The first-order valence-electron chi connectivity index (χ1n) is 8.57. The van der Waals surface area contributed by atoms with Crippen LogP contribution in [0.1, 0.15) is 57.1 Å². The lowest BCUT2D eigenvalue weighted by Gasteiger charge is -2.30. The molecule has 0 saturated carbocycles. The van der Waals surface area contributed by atoms with Gasteiger partial charge in [0.25, 0.3) is 0 Å². The van der Waals surface area contributed by atoms with Gasteiger partial charge in [0.2, 0.25) is 5.89 Å². The smallest absolute Gasteiger partial charge is 0.231 e. The molecule has 1 aliphatic heterocycles. The maximum atomic E-state index is 5.51. The summed E-state index contributed by atoms with van der Waals surface area (Å²) in [4.78, 5) is 11.4. The van der Waals surface area contributed by atoms with Crippen LogP contribution in [-0.2, 0) is 19.5 Å². The van der Waals surface area contributed by atoms with E-state index in [-0.39, 0.29) is 0 Å². The van der Waals surface area contributed by atoms with E-state index in [1.54, 1.807) is 6.33 Å². The molecule has 0 aromatic carbocycles. The van der Waals surface area contributed by atoms with Gasteiger partial charge in [-0.15, -0.1) is 0 Å². The summed E-state index contributed by atoms with van der Waals surface area (Å²) in [6.45, 7) is 10.1. The highest BCUT2D eigenvalue weighted by molar-refractivity contribution is 4.98. The predicted molar refractivity (Wildman–Crippen MR) is 85.8 cm³/mol. The molecule has 7 heteroatoms. The zero-order chi connectivity index (χ0) is 16.2. The first-order valence-corrected chi connectivity index (χ1v) is 8.57. The lowest BCUT2D eigenvalue weighted by Crippen LogP contribution is -2.35. The summed E-state index contributed by atoms with van der Waals surface area (Å²) in [6, 6.07) is 0. The van der Waals surface area contributed by atoms with Gasteiger partial charge in [0.1, 0.15) is 12.2 Å². The van der Waals surface area contributed by atoms with Crippen molar-refractivity contribution >= 4 is 0 Å². The van der Waals surface area contributed by atoms with Crippen LogP contribution in [0.15, 0.2) is 10.9 Å². The molecule has 1 saturated heterocycles. The van der Waals surface area contributed by atoms with E-state index >= 15 is 0 Å². The first-order chi connectivity index (χ1) is 11.2. The van der Waals surface area contributed by atoms with Crippen molar-refractivity contribution in [1.82, 2.24) is 29.8 Å².